The minimum absolute atomic E-state index is 0.0310. The summed E-state index contributed by atoms with van der Waals surface area (Å²) in [5.74, 6) is 0.623. The smallest absolute Gasteiger partial charge is 0.255 e. The Morgan fingerprint density at radius 3 is 2.18 bits per heavy atom. The topological polar surface area (TPSA) is 62.3 Å². The van der Waals surface area contributed by atoms with Crippen LogP contribution < -0.4 is 5.32 Å². The molecule has 0 aliphatic carbocycles. The van der Waals surface area contributed by atoms with Crippen molar-refractivity contribution in [1.82, 2.24) is 9.88 Å². The zero-order valence-corrected chi connectivity index (χ0v) is 16.1. The van der Waals surface area contributed by atoms with Crippen LogP contribution in [-0.4, -0.2) is 28.1 Å². The van der Waals surface area contributed by atoms with E-state index < -0.39 is 0 Å². The second-order valence-electron chi connectivity index (χ2n) is 6.50. The third kappa shape index (κ3) is 4.82. The van der Waals surface area contributed by atoms with Crippen LogP contribution in [0.2, 0.25) is 0 Å². The Morgan fingerprint density at radius 1 is 0.929 bits per heavy atom. The summed E-state index contributed by atoms with van der Waals surface area (Å²) in [7, 11) is 0. The highest BCUT2D eigenvalue weighted by Crippen LogP contribution is 2.17. The Kier molecular flexibility index (Phi) is 6.17. The van der Waals surface area contributed by atoms with Crippen LogP contribution in [0, 0.1) is 0 Å². The number of hydrogen-bond acceptors (Lipinski definition) is 4. The zero-order valence-electron chi connectivity index (χ0n) is 16.1. The fraction of sp³-hybridized carbons (Fsp3) is 0.174. The normalized spacial score (nSPS) is 10.4. The van der Waals surface area contributed by atoms with Gasteiger partial charge in [0.2, 0.25) is 0 Å². The number of benzene rings is 2. The lowest BCUT2D eigenvalue weighted by molar-refractivity contribution is 0.0752. The van der Waals surface area contributed by atoms with E-state index in [9.17, 15) is 9.59 Å². The van der Waals surface area contributed by atoms with Crippen molar-refractivity contribution >= 4 is 23.2 Å². The maximum atomic E-state index is 12.8. The molecule has 0 radical (unpaired) electrons. The first kappa shape index (κ1) is 19.3. The van der Waals surface area contributed by atoms with Crippen molar-refractivity contribution < 1.29 is 9.59 Å². The number of Topliss-reactive ketones (excluding diaryl/α,β-unsaturated/α-hetero) is 1. The highest BCUT2D eigenvalue weighted by Gasteiger charge is 2.15. The molecule has 28 heavy (non-hydrogen) atoms. The Bertz CT molecular complexity index is 936. The molecule has 0 fully saturated rings. The number of ketones is 1. The number of pyridine rings is 1. The van der Waals surface area contributed by atoms with Crippen molar-refractivity contribution in [3.05, 3.63) is 89.6 Å². The highest BCUT2D eigenvalue weighted by atomic mass is 16.2. The lowest BCUT2D eigenvalue weighted by Gasteiger charge is -2.21. The summed E-state index contributed by atoms with van der Waals surface area (Å²) in [4.78, 5) is 30.3. The number of carbonyl (C=O) groups excluding carboxylic acids is 2. The van der Waals surface area contributed by atoms with Crippen LogP contribution in [-0.2, 0) is 6.54 Å². The van der Waals surface area contributed by atoms with Crippen molar-refractivity contribution in [3.63, 3.8) is 0 Å². The van der Waals surface area contributed by atoms with Crippen LogP contribution in [0.4, 0.5) is 11.5 Å². The van der Waals surface area contributed by atoms with Crippen molar-refractivity contribution in [1.29, 1.82) is 0 Å². The predicted molar refractivity (Wildman–Crippen MR) is 111 cm³/mol. The van der Waals surface area contributed by atoms with Crippen molar-refractivity contribution in [3.8, 4) is 0 Å². The quantitative estimate of drug-likeness (QED) is 0.610. The van der Waals surface area contributed by atoms with E-state index in [4.69, 9.17) is 0 Å². The second kappa shape index (κ2) is 8.95. The van der Waals surface area contributed by atoms with Gasteiger partial charge < -0.3 is 10.2 Å². The maximum absolute atomic E-state index is 12.8. The number of hydrogen-bond donors (Lipinski definition) is 1. The molecule has 0 aliphatic heterocycles. The minimum atomic E-state index is -0.0452. The van der Waals surface area contributed by atoms with Crippen LogP contribution >= 0.6 is 0 Å². The second-order valence-corrected chi connectivity index (χ2v) is 6.50. The van der Waals surface area contributed by atoms with Crippen molar-refractivity contribution in [2.75, 3.05) is 11.9 Å². The third-order valence-corrected chi connectivity index (χ3v) is 4.46. The average molecular weight is 373 g/mol. The summed E-state index contributed by atoms with van der Waals surface area (Å²) in [5, 5.41) is 3.17. The van der Waals surface area contributed by atoms with Crippen LogP contribution in [0.1, 0.15) is 40.1 Å². The van der Waals surface area contributed by atoms with Crippen LogP contribution in [0.5, 0.6) is 0 Å². The summed E-state index contributed by atoms with van der Waals surface area (Å²) < 4.78 is 0. The molecule has 0 bridgehead atoms. The van der Waals surface area contributed by atoms with E-state index in [2.05, 4.69) is 10.3 Å². The molecular weight excluding hydrogens is 350 g/mol. The summed E-state index contributed by atoms with van der Waals surface area (Å²) in [6.07, 6.45) is 1.59. The van der Waals surface area contributed by atoms with Crippen LogP contribution in [0.15, 0.2) is 72.9 Å². The molecule has 1 heterocycles. The van der Waals surface area contributed by atoms with E-state index in [1.807, 2.05) is 49.4 Å². The number of rotatable bonds is 7. The Morgan fingerprint density at radius 2 is 1.61 bits per heavy atom. The molecule has 3 aromatic rings. The number of aromatic nitrogens is 1. The molecule has 0 aliphatic rings. The summed E-state index contributed by atoms with van der Waals surface area (Å²) >= 11 is 0. The van der Waals surface area contributed by atoms with Gasteiger partial charge >= 0.3 is 0 Å². The molecule has 0 saturated heterocycles. The highest BCUT2D eigenvalue weighted by molar-refractivity contribution is 5.95. The number of anilines is 2. The number of nitrogens with zero attached hydrogens (tertiary/aromatic N) is 2. The standard InChI is InChI=1S/C23H23N3O2/c1-3-26(16-18-7-5-4-6-8-18)23(28)20-11-14-22(24-15-20)25-21-12-9-19(10-13-21)17(2)27/h4-15H,3,16H2,1-2H3,(H,24,25). The monoisotopic (exact) mass is 373 g/mol. The maximum Gasteiger partial charge on any atom is 0.255 e. The van der Waals surface area contributed by atoms with Gasteiger partial charge in [-0.1, -0.05) is 30.3 Å². The fourth-order valence-corrected chi connectivity index (χ4v) is 2.84. The first-order valence-corrected chi connectivity index (χ1v) is 9.24. The van der Waals surface area contributed by atoms with Gasteiger partial charge in [-0.2, -0.15) is 0 Å². The molecule has 0 saturated carbocycles. The summed E-state index contributed by atoms with van der Waals surface area (Å²) in [5.41, 5.74) is 3.14. The first-order chi connectivity index (χ1) is 13.6. The average Bonchev–Trinajstić information content (AvgIpc) is 2.73. The lowest BCUT2D eigenvalue weighted by atomic mass is 10.1. The molecule has 2 aromatic carbocycles. The van der Waals surface area contributed by atoms with Gasteiger partial charge in [-0.15, -0.1) is 0 Å². The molecule has 5 heteroatoms. The van der Waals surface area contributed by atoms with E-state index in [0.29, 0.717) is 30.0 Å². The van der Waals surface area contributed by atoms with Gasteiger partial charge in [0.1, 0.15) is 5.82 Å². The van der Waals surface area contributed by atoms with Gasteiger partial charge in [-0.05, 0) is 55.8 Å². The Hall–Kier alpha value is -3.47. The number of amides is 1. The van der Waals surface area contributed by atoms with Crippen molar-refractivity contribution in [2.45, 2.75) is 20.4 Å². The van der Waals surface area contributed by atoms with Crippen LogP contribution in [0.3, 0.4) is 0 Å². The summed E-state index contributed by atoms with van der Waals surface area (Å²) in [6, 6.07) is 20.7. The van der Waals surface area contributed by atoms with E-state index in [1.165, 1.54) is 6.92 Å². The van der Waals surface area contributed by atoms with Crippen molar-refractivity contribution in [2.24, 2.45) is 0 Å². The zero-order chi connectivity index (χ0) is 19.9. The molecule has 0 spiro atoms. The van der Waals surface area contributed by atoms with E-state index in [0.717, 1.165) is 11.3 Å². The van der Waals surface area contributed by atoms with Gasteiger partial charge in [0.25, 0.3) is 5.91 Å². The molecule has 3 rings (SSSR count). The van der Waals surface area contributed by atoms with Gasteiger partial charge in [0.15, 0.2) is 5.78 Å². The third-order valence-electron chi connectivity index (χ3n) is 4.46. The van der Waals surface area contributed by atoms with Gasteiger partial charge in [0, 0.05) is 30.5 Å². The summed E-state index contributed by atoms with van der Waals surface area (Å²) in [6.45, 7) is 4.70. The largest absolute Gasteiger partial charge is 0.340 e. The van der Waals surface area contributed by atoms with Gasteiger partial charge in [0.05, 0.1) is 5.56 Å². The molecule has 1 N–H and O–H groups in total. The van der Waals surface area contributed by atoms with Gasteiger partial charge in [-0.25, -0.2) is 4.98 Å². The fourth-order valence-electron chi connectivity index (χ4n) is 2.84. The SMILES string of the molecule is CCN(Cc1ccccc1)C(=O)c1ccc(Nc2ccc(C(C)=O)cc2)nc1. The first-order valence-electron chi connectivity index (χ1n) is 9.24. The molecule has 142 valence electrons. The molecule has 1 aromatic heterocycles. The minimum Gasteiger partial charge on any atom is -0.340 e. The lowest BCUT2D eigenvalue weighted by Crippen LogP contribution is -2.30. The number of carbonyl (C=O) groups is 2. The predicted octanol–water partition coefficient (Wildman–Crippen LogP) is 4.69. The van der Waals surface area contributed by atoms with Gasteiger partial charge in [-0.3, -0.25) is 9.59 Å². The Balaban J connectivity index is 1.67. The van der Waals surface area contributed by atoms with E-state index >= 15 is 0 Å². The van der Waals surface area contributed by atoms with E-state index in [-0.39, 0.29) is 11.7 Å². The Labute approximate surface area is 165 Å². The molecule has 0 unspecified atom stereocenters. The molecule has 1 amide bonds. The molecule has 5 nitrogen and oxygen atoms in total. The van der Waals surface area contributed by atoms with E-state index in [1.54, 1.807) is 35.4 Å². The number of nitrogens with one attached hydrogen (secondary N) is 1. The molecular formula is C23H23N3O2. The molecule has 0 atom stereocenters. The van der Waals surface area contributed by atoms with Crippen LogP contribution in [0.25, 0.3) is 0 Å².